The molecule has 37 heavy (non-hydrogen) atoms. The van der Waals surface area contributed by atoms with Crippen LogP contribution in [0.15, 0.2) is 82.3 Å². The zero-order valence-corrected chi connectivity index (χ0v) is 21.1. The molecule has 2 aliphatic rings. The zero-order chi connectivity index (χ0) is 26.1. The van der Waals surface area contributed by atoms with Gasteiger partial charge in [-0.3, -0.25) is 24.3 Å². The topological polar surface area (TPSA) is 97.8 Å². The van der Waals surface area contributed by atoms with Crippen molar-refractivity contribution < 1.29 is 9.72 Å². The number of nitro groups is 1. The summed E-state index contributed by atoms with van der Waals surface area (Å²) in [5.41, 5.74) is 2.96. The first-order valence-electron chi connectivity index (χ1n) is 11.8. The Morgan fingerprint density at radius 3 is 2.41 bits per heavy atom. The van der Waals surface area contributed by atoms with E-state index in [1.165, 1.54) is 5.01 Å². The Morgan fingerprint density at radius 1 is 1.05 bits per heavy atom. The number of allylic oxidation sites excluding steroid dienone is 1. The Labute approximate surface area is 222 Å². The summed E-state index contributed by atoms with van der Waals surface area (Å²) in [6.45, 7) is -0.371. The molecule has 0 N–H and O–H groups in total. The summed E-state index contributed by atoms with van der Waals surface area (Å²) in [6, 6.07) is 16.6. The molecule has 2 atom stereocenters. The second-order valence-corrected chi connectivity index (χ2v) is 9.92. The molecule has 2 aromatic carbocycles. The summed E-state index contributed by atoms with van der Waals surface area (Å²) in [5.74, 6) is -0.477. The van der Waals surface area contributed by atoms with Gasteiger partial charge in [0, 0.05) is 28.1 Å². The lowest BCUT2D eigenvalue weighted by Gasteiger charge is -2.29. The van der Waals surface area contributed by atoms with Crippen LogP contribution in [0.2, 0.25) is 10.0 Å². The van der Waals surface area contributed by atoms with E-state index in [-0.39, 0.29) is 24.2 Å². The van der Waals surface area contributed by atoms with E-state index in [1.54, 1.807) is 12.1 Å². The van der Waals surface area contributed by atoms with E-state index >= 15 is 0 Å². The van der Waals surface area contributed by atoms with Gasteiger partial charge in [0.2, 0.25) is 0 Å². The molecule has 3 aromatic rings. The minimum atomic E-state index is -0.602. The van der Waals surface area contributed by atoms with Gasteiger partial charge in [0.05, 0.1) is 22.9 Å². The molecular formula is C27H22Cl2N4O4. The molecule has 1 aliphatic heterocycles. The van der Waals surface area contributed by atoms with Crippen LogP contribution in [0, 0.1) is 16.0 Å². The number of aromatic nitrogens is 1. The van der Waals surface area contributed by atoms with Crippen LogP contribution in [0.1, 0.15) is 36.4 Å². The van der Waals surface area contributed by atoms with Crippen LogP contribution in [-0.4, -0.2) is 26.1 Å². The SMILES string of the molecule is O=C(Cn1cc([N+](=O)[O-])ccc1=O)N1N=C2/C(=C\c3ccc(Cl)cc3)CCCC2C1c1ccc(Cl)cc1. The number of benzene rings is 2. The van der Waals surface area contributed by atoms with Crippen LogP contribution in [0.5, 0.6) is 0 Å². The van der Waals surface area contributed by atoms with Gasteiger partial charge in [-0.1, -0.05) is 47.5 Å². The molecule has 1 amide bonds. The molecule has 0 radical (unpaired) electrons. The lowest BCUT2D eigenvalue weighted by molar-refractivity contribution is -0.385. The molecule has 2 unspecified atom stereocenters. The molecule has 1 saturated carbocycles. The van der Waals surface area contributed by atoms with E-state index in [1.807, 2.05) is 36.4 Å². The average molecular weight is 537 g/mol. The van der Waals surface area contributed by atoms with Crippen LogP contribution < -0.4 is 5.56 Å². The number of halogens is 2. The van der Waals surface area contributed by atoms with Crippen LogP contribution in [0.25, 0.3) is 6.08 Å². The van der Waals surface area contributed by atoms with E-state index in [0.717, 1.165) is 64.6 Å². The number of pyridine rings is 1. The van der Waals surface area contributed by atoms with Crippen molar-refractivity contribution in [1.82, 2.24) is 9.58 Å². The van der Waals surface area contributed by atoms with Gasteiger partial charge in [-0.05, 0) is 66.3 Å². The highest BCUT2D eigenvalue weighted by Gasteiger charge is 2.43. The third kappa shape index (κ3) is 5.21. The third-order valence-electron chi connectivity index (χ3n) is 6.66. The van der Waals surface area contributed by atoms with Crippen LogP contribution in [0.4, 0.5) is 5.69 Å². The molecule has 1 aromatic heterocycles. The molecule has 1 aliphatic carbocycles. The molecule has 8 nitrogen and oxygen atoms in total. The number of hydrogen-bond acceptors (Lipinski definition) is 5. The Hall–Kier alpha value is -3.75. The number of hydrazone groups is 1. The van der Waals surface area contributed by atoms with Crippen molar-refractivity contribution in [2.75, 3.05) is 0 Å². The number of carbonyl (C=O) groups excluding carboxylic acids is 1. The second-order valence-electron chi connectivity index (χ2n) is 9.05. The van der Waals surface area contributed by atoms with Crippen molar-refractivity contribution in [2.45, 2.75) is 31.8 Å². The van der Waals surface area contributed by atoms with Gasteiger partial charge >= 0.3 is 0 Å². The van der Waals surface area contributed by atoms with Gasteiger partial charge in [-0.25, -0.2) is 5.01 Å². The first kappa shape index (κ1) is 24.9. The fourth-order valence-corrected chi connectivity index (χ4v) is 5.18. The number of hydrogen-bond donors (Lipinski definition) is 0. The minimum absolute atomic E-state index is 0.0424. The molecule has 1 fully saturated rings. The first-order chi connectivity index (χ1) is 17.8. The second kappa shape index (κ2) is 10.3. The lowest BCUT2D eigenvalue weighted by Crippen LogP contribution is -2.35. The summed E-state index contributed by atoms with van der Waals surface area (Å²) >= 11 is 12.2. The highest BCUT2D eigenvalue weighted by atomic mass is 35.5. The van der Waals surface area contributed by atoms with Crippen molar-refractivity contribution in [2.24, 2.45) is 11.0 Å². The highest BCUT2D eigenvalue weighted by Crippen LogP contribution is 2.44. The molecule has 0 bridgehead atoms. The van der Waals surface area contributed by atoms with E-state index < -0.39 is 16.4 Å². The highest BCUT2D eigenvalue weighted by molar-refractivity contribution is 6.30. The monoisotopic (exact) mass is 536 g/mol. The van der Waals surface area contributed by atoms with Crippen molar-refractivity contribution in [3.63, 3.8) is 0 Å². The van der Waals surface area contributed by atoms with Gasteiger partial charge in [0.1, 0.15) is 6.54 Å². The van der Waals surface area contributed by atoms with E-state index in [9.17, 15) is 19.7 Å². The quantitative estimate of drug-likeness (QED) is 0.300. The van der Waals surface area contributed by atoms with Crippen LogP contribution >= 0.6 is 23.2 Å². The van der Waals surface area contributed by atoms with Gasteiger partial charge in [-0.2, -0.15) is 5.10 Å². The van der Waals surface area contributed by atoms with Crippen molar-refractivity contribution >= 4 is 46.6 Å². The van der Waals surface area contributed by atoms with Crippen molar-refractivity contribution in [3.8, 4) is 0 Å². The summed E-state index contributed by atoms with van der Waals surface area (Å²) < 4.78 is 1.05. The first-order valence-corrected chi connectivity index (χ1v) is 12.5. The fourth-order valence-electron chi connectivity index (χ4n) is 4.93. The van der Waals surface area contributed by atoms with Gasteiger partial charge < -0.3 is 0 Å². The van der Waals surface area contributed by atoms with Crippen molar-refractivity contribution in [3.05, 3.63) is 114 Å². The summed E-state index contributed by atoms with van der Waals surface area (Å²) in [4.78, 5) is 36.5. The van der Waals surface area contributed by atoms with Crippen molar-refractivity contribution in [1.29, 1.82) is 0 Å². The van der Waals surface area contributed by atoms with E-state index in [4.69, 9.17) is 28.3 Å². The molecule has 0 saturated heterocycles. The molecule has 0 spiro atoms. The molecule has 188 valence electrons. The number of fused-ring (bicyclic) bond motifs is 1. The number of carbonyl (C=O) groups is 1. The molecule has 2 heterocycles. The largest absolute Gasteiger partial charge is 0.299 e. The average Bonchev–Trinajstić information content (AvgIpc) is 3.28. The van der Waals surface area contributed by atoms with Gasteiger partial charge in [-0.15, -0.1) is 0 Å². The zero-order valence-electron chi connectivity index (χ0n) is 19.6. The van der Waals surface area contributed by atoms with Crippen LogP contribution in [-0.2, 0) is 11.3 Å². The maximum Gasteiger partial charge on any atom is 0.285 e. The summed E-state index contributed by atoms with van der Waals surface area (Å²) in [6.07, 6.45) is 5.74. The molecule has 5 rings (SSSR count). The van der Waals surface area contributed by atoms with Crippen LogP contribution in [0.3, 0.4) is 0 Å². The minimum Gasteiger partial charge on any atom is -0.299 e. The van der Waals surface area contributed by atoms with Gasteiger partial charge in [0.15, 0.2) is 0 Å². The summed E-state index contributed by atoms with van der Waals surface area (Å²) in [7, 11) is 0. The predicted molar refractivity (Wildman–Crippen MR) is 143 cm³/mol. The third-order valence-corrected chi connectivity index (χ3v) is 7.17. The Balaban J connectivity index is 1.53. The Morgan fingerprint density at radius 2 is 1.73 bits per heavy atom. The number of nitrogens with zero attached hydrogens (tertiary/aromatic N) is 4. The molecular weight excluding hydrogens is 515 g/mol. The predicted octanol–water partition coefficient (Wildman–Crippen LogP) is 5.89. The Bertz CT molecular complexity index is 1480. The van der Waals surface area contributed by atoms with E-state index in [0.29, 0.717) is 10.0 Å². The van der Waals surface area contributed by atoms with E-state index in [2.05, 4.69) is 6.08 Å². The maximum atomic E-state index is 13.6. The lowest BCUT2D eigenvalue weighted by atomic mass is 9.77. The smallest absolute Gasteiger partial charge is 0.285 e. The van der Waals surface area contributed by atoms with Gasteiger partial charge in [0.25, 0.3) is 17.2 Å². The fraction of sp³-hybridized carbons (Fsp3) is 0.222. The molecule has 10 heteroatoms. The maximum absolute atomic E-state index is 13.6. The normalized spacial score (nSPS) is 20.0. The standard InChI is InChI=1S/C27H22Cl2N4O4/c28-20-8-4-17(5-9-20)14-19-2-1-3-23-26(19)30-32(27(23)18-6-10-21(29)11-7-18)25(35)16-31-15-22(33(36)37)12-13-24(31)34/h4-15,23,27H,1-3,16H2/b19-14-. The number of rotatable bonds is 5. The Kier molecular flexibility index (Phi) is 6.95. The number of amides is 1. The summed E-state index contributed by atoms with van der Waals surface area (Å²) in [5, 5.41) is 18.6.